The van der Waals surface area contributed by atoms with Gasteiger partial charge in [-0.05, 0) is 42.4 Å². The van der Waals surface area contributed by atoms with Gasteiger partial charge in [0.15, 0.2) is 5.13 Å². The Morgan fingerprint density at radius 2 is 1.84 bits per heavy atom. The van der Waals surface area contributed by atoms with E-state index in [-0.39, 0.29) is 30.8 Å². The van der Waals surface area contributed by atoms with E-state index in [4.69, 9.17) is 4.98 Å². The number of hydrogen-bond donors (Lipinski definition) is 2. The van der Waals surface area contributed by atoms with Gasteiger partial charge in [0.1, 0.15) is 5.82 Å². The molecular formula is C33H36N4O5S. The highest BCUT2D eigenvalue weighted by Crippen LogP contribution is 2.42. The third-order valence-electron chi connectivity index (χ3n) is 9.07. The molecule has 0 radical (unpaired) electrons. The maximum absolute atomic E-state index is 14.2. The zero-order valence-electron chi connectivity index (χ0n) is 24.0. The standard InChI is InChI=1S/C33H36N4O5S/c38-19-23-9-5-12-24(21-7-1-2-8-21)27(17-31(40)41)32(42)37(23)33-35-28(20-43-33)26-11-4-3-10-25(26)22-14-15-29(34-18-22)36-16-6-13-30(36)39/h3-5,9-11,14-15,18,20-21,23-24,27,38H,1-2,6-8,12-13,16-17,19H2,(H,40,41)/t23-,24+,27-/m0/s1. The van der Waals surface area contributed by atoms with E-state index in [1.165, 1.54) is 16.2 Å². The number of aromatic nitrogens is 2. The fourth-order valence-electron chi connectivity index (χ4n) is 6.93. The Labute approximate surface area is 254 Å². The molecule has 9 nitrogen and oxygen atoms in total. The van der Waals surface area contributed by atoms with Crippen LogP contribution in [0.2, 0.25) is 0 Å². The molecule has 1 saturated heterocycles. The summed E-state index contributed by atoms with van der Waals surface area (Å²) in [6.07, 6.45) is 11.6. The normalized spacial score (nSPS) is 23.1. The number of rotatable bonds is 8. The van der Waals surface area contributed by atoms with Crippen molar-refractivity contribution in [2.24, 2.45) is 17.8 Å². The Morgan fingerprint density at radius 3 is 2.51 bits per heavy atom. The number of allylic oxidation sites excluding steroid dienone is 1. The van der Waals surface area contributed by atoms with Crippen LogP contribution in [0, 0.1) is 17.8 Å². The number of benzene rings is 1. The predicted molar refractivity (Wildman–Crippen MR) is 166 cm³/mol. The summed E-state index contributed by atoms with van der Waals surface area (Å²) in [4.78, 5) is 51.1. The summed E-state index contributed by atoms with van der Waals surface area (Å²) in [5, 5.41) is 22.4. The molecule has 43 heavy (non-hydrogen) atoms. The van der Waals surface area contributed by atoms with Gasteiger partial charge < -0.3 is 10.2 Å². The van der Waals surface area contributed by atoms with Crippen LogP contribution < -0.4 is 9.80 Å². The third kappa shape index (κ3) is 5.99. The van der Waals surface area contributed by atoms with Crippen molar-refractivity contribution >= 4 is 40.1 Å². The number of aliphatic hydroxyl groups is 1. The Hall–Kier alpha value is -3.89. The highest BCUT2D eigenvalue weighted by Gasteiger charge is 2.42. The number of nitrogens with zero attached hydrogens (tertiary/aromatic N) is 4. The molecule has 6 rings (SSSR count). The second-order valence-electron chi connectivity index (χ2n) is 11.6. The number of pyridine rings is 1. The van der Waals surface area contributed by atoms with Crippen molar-refractivity contribution in [1.82, 2.24) is 9.97 Å². The molecule has 3 aromatic rings. The minimum Gasteiger partial charge on any atom is -0.481 e. The number of carbonyl (C=O) groups excluding carboxylic acids is 2. The molecule has 3 atom stereocenters. The van der Waals surface area contributed by atoms with Crippen LogP contribution in [0.4, 0.5) is 10.9 Å². The van der Waals surface area contributed by atoms with Crippen LogP contribution in [0.3, 0.4) is 0 Å². The molecule has 10 heteroatoms. The highest BCUT2D eigenvalue weighted by atomic mass is 32.1. The lowest BCUT2D eigenvalue weighted by atomic mass is 9.75. The van der Waals surface area contributed by atoms with Crippen molar-refractivity contribution < 1.29 is 24.6 Å². The first-order chi connectivity index (χ1) is 20.9. The fraction of sp³-hybridized carbons (Fsp3) is 0.424. The van der Waals surface area contributed by atoms with E-state index in [9.17, 15) is 24.6 Å². The van der Waals surface area contributed by atoms with Crippen LogP contribution in [0.1, 0.15) is 51.4 Å². The zero-order chi connectivity index (χ0) is 29.9. The van der Waals surface area contributed by atoms with E-state index in [0.29, 0.717) is 41.9 Å². The fourth-order valence-corrected chi connectivity index (χ4v) is 7.82. The summed E-state index contributed by atoms with van der Waals surface area (Å²) in [7, 11) is 0. The van der Waals surface area contributed by atoms with Crippen molar-refractivity contribution in [3.8, 4) is 22.4 Å². The van der Waals surface area contributed by atoms with Gasteiger partial charge in [-0.1, -0.05) is 62.1 Å². The van der Waals surface area contributed by atoms with E-state index in [1.54, 1.807) is 11.1 Å². The molecule has 0 bridgehead atoms. The van der Waals surface area contributed by atoms with Crippen molar-refractivity contribution in [2.75, 3.05) is 23.0 Å². The summed E-state index contributed by atoms with van der Waals surface area (Å²) < 4.78 is 0. The van der Waals surface area contributed by atoms with Gasteiger partial charge in [0.25, 0.3) is 0 Å². The minimum absolute atomic E-state index is 0.0593. The van der Waals surface area contributed by atoms with E-state index < -0.39 is 17.9 Å². The molecule has 224 valence electrons. The van der Waals surface area contributed by atoms with Crippen molar-refractivity contribution in [1.29, 1.82) is 0 Å². The second-order valence-corrected chi connectivity index (χ2v) is 12.5. The van der Waals surface area contributed by atoms with E-state index in [1.807, 2.05) is 53.9 Å². The van der Waals surface area contributed by atoms with Crippen molar-refractivity contribution in [3.63, 3.8) is 0 Å². The van der Waals surface area contributed by atoms with E-state index in [0.717, 1.165) is 48.8 Å². The Balaban J connectivity index is 1.33. The summed E-state index contributed by atoms with van der Waals surface area (Å²) in [5.41, 5.74) is 3.32. The lowest BCUT2D eigenvalue weighted by Crippen LogP contribution is -2.48. The number of thiazole rings is 1. The van der Waals surface area contributed by atoms with Crippen LogP contribution in [0.5, 0.6) is 0 Å². The van der Waals surface area contributed by atoms with Gasteiger partial charge in [0.05, 0.1) is 30.7 Å². The summed E-state index contributed by atoms with van der Waals surface area (Å²) in [6, 6.07) is 11.0. The Morgan fingerprint density at radius 1 is 1.05 bits per heavy atom. The summed E-state index contributed by atoms with van der Waals surface area (Å²) >= 11 is 1.31. The molecule has 1 aromatic carbocycles. The van der Waals surface area contributed by atoms with Gasteiger partial charge in [-0.2, -0.15) is 0 Å². The van der Waals surface area contributed by atoms with Crippen molar-refractivity contribution in [3.05, 3.63) is 60.1 Å². The number of aliphatic carboxylic acids is 1. The molecule has 2 amide bonds. The van der Waals surface area contributed by atoms with Crippen LogP contribution in [0.15, 0.2) is 60.1 Å². The molecule has 2 fully saturated rings. The molecule has 0 spiro atoms. The molecule has 1 aliphatic carbocycles. The van der Waals surface area contributed by atoms with Crippen molar-refractivity contribution in [2.45, 2.75) is 57.4 Å². The number of carbonyl (C=O) groups is 3. The van der Waals surface area contributed by atoms with Gasteiger partial charge in [0.2, 0.25) is 11.8 Å². The van der Waals surface area contributed by atoms with Crippen LogP contribution in [-0.4, -0.2) is 57.2 Å². The monoisotopic (exact) mass is 600 g/mol. The maximum Gasteiger partial charge on any atom is 0.304 e. The summed E-state index contributed by atoms with van der Waals surface area (Å²) in [5.74, 6) is -0.979. The van der Waals surface area contributed by atoms with Gasteiger partial charge in [-0.3, -0.25) is 24.2 Å². The SMILES string of the molecule is O=C(O)C[C@@H]1C(=O)N(c2nc(-c3ccccc3-c3ccc(N4CCCC4=O)nc3)cs2)[C@H](CO)C=CC[C@@H]1C1CCCC1. The Bertz CT molecular complexity index is 1510. The number of carboxylic acids is 1. The largest absolute Gasteiger partial charge is 0.481 e. The molecule has 2 aliphatic heterocycles. The highest BCUT2D eigenvalue weighted by molar-refractivity contribution is 7.14. The molecule has 2 aromatic heterocycles. The van der Waals surface area contributed by atoms with Gasteiger partial charge >= 0.3 is 5.97 Å². The Kier molecular flexibility index (Phi) is 8.67. The van der Waals surface area contributed by atoms with Gasteiger partial charge in [0, 0.05) is 35.7 Å². The first-order valence-corrected chi connectivity index (χ1v) is 16.0. The quantitative estimate of drug-likeness (QED) is 0.325. The molecule has 1 saturated carbocycles. The van der Waals surface area contributed by atoms with E-state index >= 15 is 0 Å². The van der Waals surface area contributed by atoms with Gasteiger partial charge in [-0.25, -0.2) is 9.97 Å². The number of aliphatic hydroxyl groups excluding tert-OH is 1. The average Bonchev–Trinajstić information content (AvgIpc) is 3.80. The number of anilines is 2. The smallest absolute Gasteiger partial charge is 0.304 e. The topological polar surface area (TPSA) is 124 Å². The molecule has 0 unspecified atom stereocenters. The lowest BCUT2D eigenvalue weighted by Gasteiger charge is -2.37. The zero-order valence-corrected chi connectivity index (χ0v) is 24.8. The first-order valence-electron chi connectivity index (χ1n) is 15.1. The van der Waals surface area contributed by atoms with Crippen LogP contribution in [-0.2, 0) is 14.4 Å². The maximum atomic E-state index is 14.2. The number of amides is 2. The molecule has 4 heterocycles. The first kappa shape index (κ1) is 29.2. The number of hydrogen-bond acceptors (Lipinski definition) is 7. The predicted octanol–water partition coefficient (Wildman–Crippen LogP) is 5.55. The van der Waals surface area contributed by atoms with E-state index in [2.05, 4.69) is 4.98 Å². The lowest BCUT2D eigenvalue weighted by molar-refractivity contribution is -0.142. The van der Waals surface area contributed by atoms with Gasteiger partial charge in [-0.15, -0.1) is 11.3 Å². The average molecular weight is 601 g/mol. The second kappa shape index (κ2) is 12.8. The molecule has 3 aliphatic rings. The molecule has 2 N–H and O–H groups in total. The van der Waals surface area contributed by atoms with Crippen LogP contribution >= 0.6 is 11.3 Å². The van der Waals surface area contributed by atoms with Crippen LogP contribution in [0.25, 0.3) is 22.4 Å². The minimum atomic E-state index is -0.992. The number of carboxylic acid groups (broad SMARTS) is 1. The third-order valence-corrected chi connectivity index (χ3v) is 9.91. The molecular weight excluding hydrogens is 564 g/mol. The summed E-state index contributed by atoms with van der Waals surface area (Å²) in [6.45, 7) is 0.385.